The Balaban J connectivity index is 1.86. The fourth-order valence-corrected chi connectivity index (χ4v) is 2.47. The summed E-state index contributed by atoms with van der Waals surface area (Å²) in [7, 11) is 0. The van der Waals surface area contributed by atoms with E-state index in [-0.39, 0.29) is 23.8 Å². The van der Waals surface area contributed by atoms with E-state index in [1.807, 2.05) is 50.4 Å². The zero-order valence-electron chi connectivity index (χ0n) is 17.1. The van der Waals surface area contributed by atoms with Gasteiger partial charge in [0.05, 0.1) is 12.1 Å². The lowest BCUT2D eigenvalue weighted by atomic mass is 9.88. The molecule has 1 unspecified atom stereocenters. The lowest BCUT2D eigenvalue weighted by Gasteiger charge is -2.25. The van der Waals surface area contributed by atoms with Crippen molar-refractivity contribution in [1.29, 1.82) is 0 Å². The molecule has 0 saturated carbocycles. The van der Waals surface area contributed by atoms with Gasteiger partial charge < -0.3 is 9.47 Å². The summed E-state index contributed by atoms with van der Waals surface area (Å²) < 4.78 is 11.0. The number of carbonyl (C=O) groups is 1. The first-order valence-electron chi connectivity index (χ1n) is 9.60. The van der Waals surface area contributed by atoms with Gasteiger partial charge in [0.2, 0.25) is 0 Å². The summed E-state index contributed by atoms with van der Waals surface area (Å²) in [5.41, 5.74) is 2.08. The molecule has 0 spiro atoms. The largest absolute Gasteiger partial charge is 0.491 e. The van der Waals surface area contributed by atoms with Gasteiger partial charge in [0.25, 0.3) is 0 Å². The van der Waals surface area contributed by atoms with Gasteiger partial charge in [-0.1, -0.05) is 52.0 Å². The summed E-state index contributed by atoms with van der Waals surface area (Å²) in [5, 5.41) is 0. The summed E-state index contributed by atoms with van der Waals surface area (Å²) in [6.07, 6.45) is 8.25. The topological polar surface area (TPSA) is 47.9 Å². The summed E-state index contributed by atoms with van der Waals surface area (Å²) >= 11 is 0. The number of allylic oxidation sites excluding steroid dienone is 3. The number of aliphatic imine (C=N–C) groups is 1. The van der Waals surface area contributed by atoms with Crippen LogP contribution in [0.5, 0.6) is 5.75 Å². The van der Waals surface area contributed by atoms with Gasteiger partial charge in [-0.2, -0.15) is 0 Å². The number of carbonyl (C=O) groups excluding carboxylic acids is 1. The molecule has 27 heavy (non-hydrogen) atoms. The van der Waals surface area contributed by atoms with E-state index >= 15 is 0 Å². The molecule has 1 heterocycles. The lowest BCUT2D eigenvalue weighted by Crippen LogP contribution is -2.25. The number of ether oxygens (including phenoxy) is 2. The molecule has 0 fully saturated rings. The molecule has 0 radical (unpaired) electrons. The number of hydrogen-bond acceptors (Lipinski definition) is 4. The summed E-state index contributed by atoms with van der Waals surface area (Å²) in [6, 6.07) is 7.99. The van der Waals surface area contributed by atoms with Crippen LogP contribution in [0.15, 0.2) is 47.5 Å². The smallest absolute Gasteiger partial charge is 0.160 e. The maximum atomic E-state index is 11.5. The van der Waals surface area contributed by atoms with E-state index in [1.165, 1.54) is 0 Å². The SMILES string of the molecule is CC(C)C(=O)COCCOc1ccc(C2=CC=NC(C)(C(C)C)C=C2)cc1. The number of Topliss-reactive ketones (excluding diaryl/α,β-unsaturated/α-hetero) is 1. The van der Waals surface area contributed by atoms with Crippen molar-refractivity contribution >= 4 is 17.6 Å². The van der Waals surface area contributed by atoms with Crippen LogP contribution < -0.4 is 4.74 Å². The maximum absolute atomic E-state index is 11.5. The van der Waals surface area contributed by atoms with Crippen molar-refractivity contribution in [2.24, 2.45) is 16.8 Å². The zero-order valence-corrected chi connectivity index (χ0v) is 17.1. The molecular formula is C23H31NO3. The van der Waals surface area contributed by atoms with Gasteiger partial charge in [0, 0.05) is 12.1 Å². The first kappa shape index (κ1) is 21.1. The van der Waals surface area contributed by atoms with Gasteiger partial charge in [-0.05, 0) is 42.2 Å². The molecule has 1 aromatic carbocycles. The minimum atomic E-state index is -0.168. The van der Waals surface area contributed by atoms with Crippen LogP contribution in [0.4, 0.5) is 0 Å². The molecule has 4 heteroatoms. The van der Waals surface area contributed by atoms with Crippen molar-refractivity contribution in [3.05, 3.63) is 48.1 Å². The number of nitrogens with zero attached hydrogens (tertiary/aromatic N) is 1. The summed E-state index contributed by atoms with van der Waals surface area (Å²) in [5.74, 6) is 1.35. The third-order valence-corrected chi connectivity index (χ3v) is 4.95. The average molecular weight is 370 g/mol. The fourth-order valence-electron chi connectivity index (χ4n) is 2.47. The minimum Gasteiger partial charge on any atom is -0.491 e. The molecule has 1 aliphatic rings. The molecule has 1 aromatic rings. The minimum absolute atomic E-state index is 0.00857. The Morgan fingerprint density at radius 1 is 1.11 bits per heavy atom. The van der Waals surface area contributed by atoms with E-state index in [9.17, 15) is 4.79 Å². The molecule has 0 N–H and O–H groups in total. The second-order valence-electron chi connectivity index (χ2n) is 7.66. The van der Waals surface area contributed by atoms with Crippen LogP contribution in [0, 0.1) is 11.8 Å². The maximum Gasteiger partial charge on any atom is 0.160 e. The van der Waals surface area contributed by atoms with Crippen LogP contribution >= 0.6 is 0 Å². The number of rotatable bonds is 9. The fraction of sp³-hybridized carbons (Fsp3) is 0.478. The van der Waals surface area contributed by atoms with Crippen LogP contribution in [0.2, 0.25) is 0 Å². The second kappa shape index (κ2) is 9.65. The zero-order chi connectivity index (χ0) is 19.9. The Kier molecular flexibility index (Phi) is 7.55. The van der Waals surface area contributed by atoms with Crippen molar-refractivity contribution in [3.8, 4) is 5.75 Å². The molecular weight excluding hydrogens is 338 g/mol. The number of benzene rings is 1. The van der Waals surface area contributed by atoms with Gasteiger partial charge in [0.1, 0.15) is 19.0 Å². The molecule has 0 amide bonds. The Bertz CT molecular complexity index is 714. The average Bonchev–Trinajstić information content (AvgIpc) is 2.84. The van der Waals surface area contributed by atoms with E-state index in [2.05, 4.69) is 37.9 Å². The highest BCUT2D eigenvalue weighted by Crippen LogP contribution is 2.28. The van der Waals surface area contributed by atoms with Crippen molar-refractivity contribution in [2.45, 2.75) is 40.2 Å². The molecule has 2 rings (SSSR count). The first-order chi connectivity index (χ1) is 12.8. The normalized spacial score (nSPS) is 19.3. The molecule has 146 valence electrons. The van der Waals surface area contributed by atoms with Gasteiger partial charge >= 0.3 is 0 Å². The highest BCUT2D eigenvalue weighted by molar-refractivity contribution is 5.90. The van der Waals surface area contributed by atoms with Crippen molar-refractivity contribution in [2.75, 3.05) is 19.8 Å². The van der Waals surface area contributed by atoms with Crippen molar-refractivity contribution in [3.63, 3.8) is 0 Å². The Hall–Kier alpha value is -2.20. The quantitative estimate of drug-likeness (QED) is 0.590. The lowest BCUT2D eigenvalue weighted by molar-refractivity contribution is -0.126. The third-order valence-electron chi connectivity index (χ3n) is 4.95. The first-order valence-corrected chi connectivity index (χ1v) is 9.60. The van der Waals surface area contributed by atoms with Crippen LogP contribution in [-0.2, 0) is 9.53 Å². The van der Waals surface area contributed by atoms with Crippen molar-refractivity contribution < 1.29 is 14.3 Å². The van der Waals surface area contributed by atoms with E-state index in [1.54, 1.807) is 0 Å². The van der Waals surface area contributed by atoms with E-state index in [4.69, 9.17) is 9.47 Å². The molecule has 0 aromatic heterocycles. The van der Waals surface area contributed by atoms with Gasteiger partial charge in [-0.25, -0.2) is 0 Å². The molecule has 4 nitrogen and oxygen atoms in total. The number of ketones is 1. The summed E-state index contributed by atoms with van der Waals surface area (Å²) in [4.78, 5) is 16.2. The Morgan fingerprint density at radius 2 is 1.81 bits per heavy atom. The molecule has 0 saturated heterocycles. The van der Waals surface area contributed by atoms with Crippen LogP contribution in [0.3, 0.4) is 0 Å². The molecule has 1 atom stereocenters. The van der Waals surface area contributed by atoms with E-state index in [0.717, 1.165) is 16.9 Å². The van der Waals surface area contributed by atoms with Crippen molar-refractivity contribution in [1.82, 2.24) is 0 Å². The molecule has 0 bridgehead atoms. The molecule has 1 aliphatic heterocycles. The monoisotopic (exact) mass is 369 g/mol. The predicted molar refractivity (Wildman–Crippen MR) is 111 cm³/mol. The van der Waals surface area contributed by atoms with Gasteiger partial charge in [-0.15, -0.1) is 0 Å². The molecule has 0 aliphatic carbocycles. The van der Waals surface area contributed by atoms with Crippen LogP contribution in [0.1, 0.15) is 40.2 Å². The Morgan fingerprint density at radius 3 is 2.44 bits per heavy atom. The number of hydrogen-bond donors (Lipinski definition) is 0. The van der Waals surface area contributed by atoms with Crippen LogP contribution in [0.25, 0.3) is 5.57 Å². The van der Waals surface area contributed by atoms with Gasteiger partial charge in [0.15, 0.2) is 5.78 Å². The highest BCUT2D eigenvalue weighted by atomic mass is 16.5. The van der Waals surface area contributed by atoms with E-state index < -0.39 is 0 Å². The van der Waals surface area contributed by atoms with Gasteiger partial charge in [-0.3, -0.25) is 9.79 Å². The second-order valence-corrected chi connectivity index (χ2v) is 7.66. The predicted octanol–water partition coefficient (Wildman–Crippen LogP) is 4.75. The van der Waals surface area contributed by atoms with E-state index in [0.29, 0.717) is 19.1 Å². The standard InChI is InChI=1S/C23H31NO3/c1-17(2)22(25)16-26-14-15-27-21-8-6-19(7-9-21)20-10-12-23(5,18(3)4)24-13-11-20/h6-13,17-18H,14-16H2,1-5H3. The van der Waals surface area contributed by atoms with Crippen LogP contribution in [-0.4, -0.2) is 37.4 Å². The highest BCUT2D eigenvalue weighted by Gasteiger charge is 2.24. The summed E-state index contributed by atoms with van der Waals surface area (Å²) in [6.45, 7) is 11.2. The Labute approximate surface area is 163 Å². The third kappa shape index (κ3) is 6.17.